The Morgan fingerprint density at radius 1 is 0.893 bits per heavy atom. The zero-order valence-electron chi connectivity index (χ0n) is 18.5. The van der Waals surface area contributed by atoms with Crippen LogP contribution in [-0.2, 0) is 9.09 Å². The first-order valence-electron chi connectivity index (χ1n) is 10.8. The van der Waals surface area contributed by atoms with E-state index in [0.717, 1.165) is 12.8 Å². The number of aliphatic hydroxyl groups is 2. The van der Waals surface area contributed by atoms with E-state index in [1.165, 1.54) is 64.7 Å². The normalized spacial score (nSPS) is 14.9. The van der Waals surface area contributed by atoms with Gasteiger partial charge in [0.25, 0.3) is 0 Å². The van der Waals surface area contributed by atoms with Gasteiger partial charge in [0.2, 0.25) is 0 Å². The van der Waals surface area contributed by atoms with Crippen molar-refractivity contribution >= 4 is 7.82 Å². The molecule has 172 valence electrons. The molecule has 0 fully saturated rings. The Balaban J connectivity index is 0. The summed E-state index contributed by atoms with van der Waals surface area (Å²) in [5, 5.41) is 22.7. The van der Waals surface area contributed by atoms with Crippen molar-refractivity contribution in [2.45, 2.75) is 109 Å². The van der Waals surface area contributed by atoms with Crippen molar-refractivity contribution < 1.29 is 29.1 Å². The minimum Gasteiger partial charge on any atom is -0.390 e. The maximum atomic E-state index is 10.8. The molecule has 0 aromatic carbocycles. The Morgan fingerprint density at radius 3 is 1.57 bits per heavy atom. The van der Waals surface area contributed by atoms with Crippen LogP contribution in [0.4, 0.5) is 0 Å². The first-order chi connectivity index (χ1) is 13.1. The highest BCUT2D eigenvalue weighted by molar-refractivity contribution is 7.46. The summed E-state index contributed by atoms with van der Waals surface area (Å²) < 4.78 is 15.1. The minimum absolute atomic E-state index is 0.266. The third kappa shape index (κ3) is 20.7. The highest BCUT2D eigenvalue weighted by Crippen LogP contribution is 2.38. The monoisotopic (exact) mass is 427 g/mol. The molecule has 2 unspecified atom stereocenters. The second-order valence-electron chi connectivity index (χ2n) is 7.68. The Morgan fingerprint density at radius 2 is 1.25 bits per heavy atom. The van der Waals surface area contributed by atoms with E-state index in [1.54, 1.807) is 0 Å². The van der Waals surface area contributed by atoms with E-state index in [1.807, 2.05) is 14.1 Å². The molecule has 5 N–H and O–H groups in total. The molecule has 0 aromatic heterocycles. The fraction of sp³-hybridized carbons (Fsp3) is 1.00. The lowest BCUT2D eigenvalue weighted by Crippen LogP contribution is -2.44. The fourth-order valence-corrected chi connectivity index (χ4v) is 3.26. The Hall–Kier alpha value is -0.0100. The van der Waals surface area contributed by atoms with Crippen LogP contribution in [0.2, 0.25) is 0 Å². The maximum absolute atomic E-state index is 10.8. The molecule has 0 bridgehead atoms. The minimum atomic E-state index is -4.64. The number of hydrogen-bond acceptors (Lipinski definition) is 5. The average Bonchev–Trinajstić information content (AvgIpc) is 2.61. The zero-order chi connectivity index (χ0) is 21.9. The number of hydrogen-bond donors (Lipinski definition) is 5. The quantitative estimate of drug-likeness (QED) is 0.175. The van der Waals surface area contributed by atoms with Crippen molar-refractivity contribution in [1.82, 2.24) is 5.32 Å². The summed E-state index contributed by atoms with van der Waals surface area (Å²) in [4.78, 5) is 17.5. The fourth-order valence-electron chi connectivity index (χ4n) is 2.87. The van der Waals surface area contributed by atoms with Crippen LogP contribution < -0.4 is 5.32 Å². The summed E-state index contributed by atoms with van der Waals surface area (Å²) in [5.74, 6) is 0. The van der Waals surface area contributed by atoms with Crippen molar-refractivity contribution in [1.29, 1.82) is 0 Å². The molecule has 8 heteroatoms. The average molecular weight is 428 g/mol. The van der Waals surface area contributed by atoms with Gasteiger partial charge in [-0.05, 0) is 27.4 Å². The third-order valence-corrected chi connectivity index (χ3v) is 5.19. The van der Waals surface area contributed by atoms with Crippen LogP contribution in [0, 0.1) is 0 Å². The molecular weight excluding hydrogens is 381 g/mol. The lowest BCUT2D eigenvalue weighted by molar-refractivity contribution is -0.101. The maximum Gasteiger partial charge on any atom is 0.469 e. The van der Waals surface area contributed by atoms with E-state index >= 15 is 0 Å². The standard InChI is InChI=1S/C18H39O6P.C2H7N/c1-3-4-5-6-7-8-9-10-11-12-13-14-15-18(20,17(2)19)16-24-25(21,22)23;1-3-2/h17,19-20H,3-16H2,1-2H3,(H2,21,22,23);3H,1-2H3. The molecule has 0 radical (unpaired) electrons. The zero-order valence-corrected chi connectivity index (χ0v) is 19.4. The predicted molar refractivity (Wildman–Crippen MR) is 115 cm³/mol. The molecule has 0 aliphatic heterocycles. The van der Waals surface area contributed by atoms with Gasteiger partial charge in [-0.2, -0.15) is 0 Å². The van der Waals surface area contributed by atoms with Gasteiger partial charge in [-0.1, -0.05) is 84.0 Å². The molecule has 2 atom stereocenters. The van der Waals surface area contributed by atoms with E-state index < -0.39 is 26.1 Å². The molecule has 0 saturated heterocycles. The number of phosphoric ester groups is 1. The third-order valence-electron chi connectivity index (χ3n) is 4.72. The smallest absolute Gasteiger partial charge is 0.390 e. The lowest BCUT2D eigenvalue weighted by Gasteiger charge is -2.30. The van der Waals surface area contributed by atoms with Gasteiger partial charge >= 0.3 is 7.82 Å². The SMILES string of the molecule is CCCCCCCCCCCCCCC(O)(COP(=O)(O)O)C(C)O.CNC. The number of nitrogens with one attached hydrogen (secondary N) is 1. The van der Waals surface area contributed by atoms with Gasteiger partial charge < -0.3 is 25.3 Å². The summed E-state index contributed by atoms with van der Waals surface area (Å²) in [6.07, 6.45) is 13.5. The molecule has 0 aromatic rings. The summed E-state index contributed by atoms with van der Waals surface area (Å²) in [6.45, 7) is 3.07. The van der Waals surface area contributed by atoms with Crippen molar-refractivity contribution in [2.75, 3.05) is 20.7 Å². The molecule has 0 aliphatic carbocycles. The lowest BCUT2D eigenvalue weighted by atomic mass is 9.91. The molecule has 0 amide bonds. The van der Waals surface area contributed by atoms with E-state index in [4.69, 9.17) is 9.79 Å². The predicted octanol–water partition coefficient (Wildman–Crippen LogP) is 4.13. The summed E-state index contributed by atoms with van der Waals surface area (Å²) in [5.41, 5.74) is -1.61. The number of unbranched alkanes of at least 4 members (excludes halogenated alkanes) is 11. The van der Waals surface area contributed by atoms with Crippen molar-refractivity contribution in [2.24, 2.45) is 0 Å². The first-order valence-corrected chi connectivity index (χ1v) is 12.3. The van der Waals surface area contributed by atoms with E-state index in [0.29, 0.717) is 6.42 Å². The van der Waals surface area contributed by atoms with E-state index in [9.17, 15) is 14.8 Å². The topological polar surface area (TPSA) is 119 Å². The molecule has 28 heavy (non-hydrogen) atoms. The molecule has 0 saturated carbocycles. The largest absolute Gasteiger partial charge is 0.469 e. The van der Waals surface area contributed by atoms with Crippen LogP contribution in [-0.4, -0.2) is 52.4 Å². The number of aliphatic hydroxyl groups excluding tert-OH is 1. The molecule has 0 heterocycles. The molecule has 0 spiro atoms. The Labute approximate surface area is 172 Å². The van der Waals surface area contributed by atoms with Crippen LogP contribution in [0.5, 0.6) is 0 Å². The molecule has 0 aliphatic rings. The number of rotatable bonds is 17. The summed E-state index contributed by atoms with van der Waals surface area (Å²) >= 11 is 0. The van der Waals surface area contributed by atoms with Crippen molar-refractivity contribution in [3.8, 4) is 0 Å². The summed E-state index contributed by atoms with van der Waals surface area (Å²) in [7, 11) is -0.893. The van der Waals surface area contributed by atoms with Gasteiger partial charge in [-0.15, -0.1) is 0 Å². The van der Waals surface area contributed by atoms with Crippen LogP contribution in [0.1, 0.15) is 97.3 Å². The second-order valence-corrected chi connectivity index (χ2v) is 8.92. The van der Waals surface area contributed by atoms with E-state index in [-0.39, 0.29) is 6.42 Å². The van der Waals surface area contributed by atoms with Gasteiger partial charge in [-0.3, -0.25) is 4.52 Å². The van der Waals surface area contributed by atoms with E-state index in [2.05, 4.69) is 16.8 Å². The van der Waals surface area contributed by atoms with Gasteiger partial charge in [0.1, 0.15) is 5.60 Å². The second kappa shape index (κ2) is 19.0. The molecule has 0 rings (SSSR count). The van der Waals surface area contributed by atoms with Gasteiger partial charge in [0.15, 0.2) is 0 Å². The van der Waals surface area contributed by atoms with Crippen LogP contribution in [0.25, 0.3) is 0 Å². The highest BCUT2D eigenvalue weighted by Gasteiger charge is 2.35. The first kappa shape index (κ1) is 30.2. The van der Waals surface area contributed by atoms with Crippen LogP contribution in [0.3, 0.4) is 0 Å². The Kier molecular flexibility index (Phi) is 20.5. The van der Waals surface area contributed by atoms with Crippen LogP contribution >= 0.6 is 7.82 Å². The Bertz CT molecular complexity index is 378. The van der Waals surface area contributed by atoms with Crippen molar-refractivity contribution in [3.63, 3.8) is 0 Å². The molecular formula is C20H46NO6P. The summed E-state index contributed by atoms with van der Waals surface area (Å²) in [6, 6.07) is 0. The van der Waals surface area contributed by atoms with Gasteiger partial charge in [0, 0.05) is 0 Å². The van der Waals surface area contributed by atoms with Crippen molar-refractivity contribution in [3.05, 3.63) is 0 Å². The van der Waals surface area contributed by atoms with Gasteiger partial charge in [0.05, 0.1) is 12.7 Å². The molecule has 7 nitrogen and oxygen atoms in total. The van der Waals surface area contributed by atoms with Crippen LogP contribution in [0.15, 0.2) is 0 Å². The highest BCUT2D eigenvalue weighted by atomic mass is 31.2. The number of phosphoric acid groups is 1. The van der Waals surface area contributed by atoms with Gasteiger partial charge in [-0.25, -0.2) is 4.57 Å².